The first-order valence-corrected chi connectivity index (χ1v) is 10.5. The van der Waals surface area contributed by atoms with Crippen LogP contribution in [0.1, 0.15) is 19.3 Å². The summed E-state index contributed by atoms with van der Waals surface area (Å²) >= 11 is 8.06. The van der Waals surface area contributed by atoms with Gasteiger partial charge in [-0.05, 0) is 49.5 Å². The third-order valence-corrected chi connectivity index (χ3v) is 5.23. The van der Waals surface area contributed by atoms with Crippen LogP contribution in [0.2, 0.25) is 5.02 Å². The average Bonchev–Trinajstić information content (AvgIpc) is 3.09. The Morgan fingerprint density at radius 2 is 2.23 bits per heavy atom. The van der Waals surface area contributed by atoms with E-state index in [1.807, 2.05) is 37.0 Å². The van der Waals surface area contributed by atoms with Crippen LogP contribution < -0.4 is 20.3 Å². The number of hydrogen-bond donors (Lipinski definition) is 2. The number of benzene rings is 1. The molecule has 0 saturated carbocycles. The van der Waals surface area contributed by atoms with Crippen molar-refractivity contribution in [1.29, 1.82) is 0 Å². The molecule has 1 aliphatic rings. The topological polar surface area (TPSA) is 48.9 Å². The van der Waals surface area contributed by atoms with Crippen LogP contribution in [0.15, 0.2) is 23.2 Å². The zero-order valence-corrected chi connectivity index (χ0v) is 19.7. The molecule has 0 amide bonds. The highest BCUT2D eigenvalue weighted by Crippen LogP contribution is 2.33. The van der Waals surface area contributed by atoms with Crippen molar-refractivity contribution in [2.24, 2.45) is 4.99 Å². The van der Waals surface area contributed by atoms with Gasteiger partial charge in [0, 0.05) is 37.7 Å². The first-order valence-electron chi connectivity index (χ1n) is 8.72. The van der Waals surface area contributed by atoms with Crippen molar-refractivity contribution >= 4 is 59.0 Å². The summed E-state index contributed by atoms with van der Waals surface area (Å²) < 4.78 is 5.48. The number of halogens is 2. The van der Waals surface area contributed by atoms with E-state index in [1.165, 1.54) is 12.2 Å². The largest absolute Gasteiger partial charge is 0.495 e. The predicted octanol–water partition coefficient (Wildman–Crippen LogP) is 3.85. The first kappa shape index (κ1) is 23.5. The van der Waals surface area contributed by atoms with Crippen molar-refractivity contribution in [3.8, 4) is 5.75 Å². The van der Waals surface area contributed by atoms with E-state index in [1.54, 1.807) is 7.11 Å². The monoisotopic (exact) mass is 512 g/mol. The summed E-state index contributed by atoms with van der Waals surface area (Å²) in [4.78, 5) is 6.65. The van der Waals surface area contributed by atoms with Gasteiger partial charge < -0.3 is 20.3 Å². The van der Waals surface area contributed by atoms with Gasteiger partial charge in [0.05, 0.1) is 12.8 Å². The summed E-state index contributed by atoms with van der Waals surface area (Å²) in [6, 6.07) is 6.12. The highest BCUT2D eigenvalue weighted by atomic mass is 127. The van der Waals surface area contributed by atoms with Crippen LogP contribution in [0, 0.1) is 0 Å². The number of hydrogen-bond acceptors (Lipinski definition) is 4. The van der Waals surface area contributed by atoms with Gasteiger partial charge in [0.15, 0.2) is 5.96 Å². The molecule has 0 aromatic heterocycles. The van der Waals surface area contributed by atoms with Gasteiger partial charge in [-0.1, -0.05) is 11.6 Å². The lowest BCUT2D eigenvalue weighted by Crippen LogP contribution is -2.44. The lowest BCUT2D eigenvalue weighted by atomic mass is 10.2. The maximum Gasteiger partial charge on any atom is 0.191 e. The second-order valence-corrected chi connectivity index (χ2v) is 7.51. The van der Waals surface area contributed by atoms with Gasteiger partial charge >= 0.3 is 0 Å². The highest BCUT2D eigenvalue weighted by molar-refractivity contribution is 14.0. The van der Waals surface area contributed by atoms with Gasteiger partial charge in [0.1, 0.15) is 5.75 Å². The standard InChI is InChI=1S/C18H29ClN4OS.HI/c1-20-18(21-9-4-5-11-25-3)22-15-8-10-23(13-15)16-12-14(19)6-7-17(16)24-2;/h6-7,12,15H,4-5,8-11,13H2,1-3H3,(H2,20,21,22);1H. The highest BCUT2D eigenvalue weighted by Gasteiger charge is 2.25. The molecule has 1 heterocycles. The molecule has 26 heavy (non-hydrogen) atoms. The molecule has 0 spiro atoms. The normalized spacial score (nSPS) is 17.0. The fourth-order valence-electron chi connectivity index (χ4n) is 2.97. The number of rotatable bonds is 8. The Hall–Kier alpha value is -0.540. The number of ether oxygens (including phenoxy) is 1. The van der Waals surface area contributed by atoms with Crippen LogP contribution in [0.25, 0.3) is 0 Å². The minimum Gasteiger partial charge on any atom is -0.495 e. The van der Waals surface area contributed by atoms with Crippen molar-refractivity contribution in [3.05, 3.63) is 23.2 Å². The second-order valence-electron chi connectivity index (χ2n) is 6.09. The molecule has 1 aliphatic heterocycles. The van der Waals surface area contributed by atoms with Crippen molar-refractivity contribution < 1.29 is 4.74 Å². The molecule has 8 heteroatoms. The molecule has 1 saturated heterocycles. The van der Waals surface area contributed by atoms with E-state index in [0.29, 0.717) is 6.04 Å². The Balaban J connectivity index is 0.00000338. The molecular formula is C18H30ClIN4OS. The van der Waals surface area contributed by atoms with Gasteiger partial charge in [-0.3, -0.25) is 4.99 Å². The Morgan fingerprint density at radius 1 is 1.42 bits per heavy atom. The van der Waals surface area contributed by atoms with Crippen LogP contribution in [-0.4, -0.2) is 57.8 Å². The zero-order chi connectivity index (χ0) is 18.1. The third-order valence-electron chi connectivity index (χ3n) is 4.30. The van der Waals surface area contributed by atoms with Crippen LogP contribution in [0.3, 0.4) is 0 Å². The number of unbranched alkanes of at least 4 members (excludes halogenated alkanes) is 1. The maximum atomic E-state index is 6.16. The molecule has 2 N–H and O–H groups in total. The SMILES string of the molecule is CN=C(NCCCCSC)NC1CCN(c2cc(Cl)ccc2OC)C1.I. The number of guanidine groups is 1. The number of thioether (sulfide) groups is 1. The van der Waals surface area contributed by atoms with E-state index < -0.39 is 0 Å². The zero-order valence-electron chi connectivity index (χ0n) is 15.8. The number of nitrogens with zero attached hydrogens (tertiary/aromatic N) is 2. The summed E-state index contributed by atoms with van der Waals surface area (Å²) in [6.07, 6.45) is 5.60. The van der Waals surface area contributed by atoms with Crippen molar-refractivity contribution in [1.82, 2.24) is 10.6 Å². The summed E-state index contributed by atoms with van der Waals surface area (Å²) in [5.74, 6) is 2.96. The lowest BCUT2D eigenvalue weighted by molar-refractivity contribution is 0.415. The molecule has 1 aromatic carbocycles. The molecular weight excluding hydrogens is 483 g/mol. The predicted molar refractivity (Wildman–Crippen MR) is 126 cm³/mol. The van der Waals surface area contributed by atoms with E-state index in [9.17, 15) is 0 Å². The minimum absolute atomic E-state index is 0. The Kier molecular flexibility index (Phi) is 11.5. The lowest BCUT2D eigenvalue weighted by Gasteiger charge is -2.22. The quantitative estimate of drug-likeness (QED) is 0.240. The van der Waals surface area contributed by atoms with Gasteiger partial charge in [-0.2, -0.15) is 11.8 Å². The number of anilines is 1. The Morgan fingerprint density at radius 3 is 2.92 bits per heavy atom. The molecule has 2 rings (SSSR count). The van der Waals surface area contributed by atoms with E-state index in [0.717, 1.165) is 54.9 Å². The van der Waals surface area contributed by atoms with E-state index >= 15 is 0 Å². The molecule has 148 valence electrons. The van der Waals surface area contributed by atoms with Gasteiger partial charge in [0.2, 0.25) is 0 Å². The number of nitrogens with one attached hydrogen (secondary N) is 2. The first-order chi connectivity index (χ1) is 12.2. The van der Waals surface area contributed by atoms with E-state index in [-0.39, 0.29) is 24.0 Å². The maximum absolute atomic E-state index is 6.16. The third kappa shape index (κ3) is 7.23. The minimum atomic E-state index is 0. The van der Waals surface area contributed by atoms with E-state index in [4.69, 9.17) is 16.3 Å². The number of methoxy groups -OCH3 is 1. The number of aliphatic imine (C=N–C) groups is 1. The fraction of sp³-hybridized carbons (Fsp3) is 0.611. The van der Waals surface area contributed by atoms with Crippen molar-refractivity contribution in [2.45, 2.75) is 25.3 Å². The van der Waals surface area contributed by atoms with Crippen LogP contribution in [0.4, 0.5) is 5.69 Å². The average molecular weight is 513 g/mol. The molecule has 0 radical (unpaired) electrons. The molecule has 1 aromatic rings. The summed E-state index contributed by atoms with van der Waals surface area (Å²) in [5.41, 5.74) is 1.05. The fourth-order valence-corrected chi connectivity index (χ4v) is 3.63. The van der Waals surface area contributed by atoms with E-state index in [2.05, 4.69) is 26.8 Å². The Bertz CT molecular complexity index is 576. The Labute approximate surface area is 183 Å². The molecule has 5 nitrogen and oxygen atoms in total. The van der Waals surface area contributed by atoms with Crippen LogP contribution >= 0.6 is 47.3 Å². The summed E-state index contributed by atoms with van der Waals surface area (Å²) in [5, 5.41) is 7.66. The smallest absolute Gasteiger partial charge is 0.191 e. The van der Waals surface area contributed by atoms with Crippen LogP contribution in [-0.2, 0) is 0 Å². The van der Waals surface area contributed by atoms with Gasteiger partial charge in [-0.15, -0.1) is 24.0 Å². The van der Waals surface area contributed by atoms with Crippen molar-refractivity contribution in [3.63, 3.8) is 0 Å². The van der Waals surface area contributed by atoms with Gasteiger partial charge in [0.25, 0.3) is 0 Å². The van der Waals surface area contributed by atoms with Crippen molar-refractivity contribution in [2.75, 3.05) is 50.7 Å². The molecule has 1 atom stereocenters. The molecule has 1 unspecified atom stereocenters. The second kappa shape index (κ2) is 12.8. The molecule has 1 fully saturated rings. The van der Waals surface area contributed by atoms with Gasteiger partial charge in [-0.25, -0.2) is 0 Å². The molecule has 0 aliphatic carbocycles. The molecule has 0 bridgehead atoms. The summed E-state index contributed by atoms with van der Waals surface area (Å²) in [7, 11) is 3.52. The summed E-state index contributed by atoms with van der Waals surface area (Å²) in [6.45, 7) is 2.84. The van der Waals surface area contributed by atoms with Crippen LogP contribution in [0.5, 0.6) is 5.75 Å².